The molecule has 38 heavy (non-hydrogen) atoms. The lowest BCUT2D eigenvalue weighted by Gasteiger charge is -2.21. The summed E-state index contributed by atoms with van der Waals surface area (Å²) in [7, 11) is 1.64. The lowest BCUT2D eigenvalue weighted by atomic mass is 10.1. The Bertz CT molecular complexity index is 1120. The number of benzene rings is 3. The molecule has 0 radical (unpaired) electrons. The fraction of sp³-hybridized carbons (Fsp3) is 0.375. The van der Waals surface area contributed by atoms with Gasteiger partial charge in [-0.1, -0.05) is 56.9 Å². The second-order valence-corrected chi connectivity index (χ2v) is 9.52. The number of hydrogen-bond donors (Lipinski definition) is 0. The largest absolute Gasteiger partial charge is 0.497 e. The molecule has 0 aliphatic heterocycles. The first-order valence-corrected chi connectivity index (χ1v) is 13.4. The molecule has 0 heterocycles. The van der Waals surface area contributed by atoms with Crippen LogP contribution >= 0.6 is 0 Å². The van der Waals surface area contributed by atoms with Gasteiger partial charge in [0.25, 0.3) is 0 Å². The van der Waals surface area contributed by atoms with Crippen molar-refractivity contribution in [1.29, 1.82) is 0 Å². The van der Waals surface area contributed by atoms with Gasteiger partial charge in [0.15, 0.2) is 0 Å². The first-order valence-electron chi connectivity index (χ1n) is 13.4. The van der Waals surface area contributed by atoms with Gasteiger partial charge in [0.2, 0.25) is 0 Å². The van der Waals surface area contributed by atoms with Gasteiger partial charge >= 0.3 is 5.97 Å². The van der Waals surface area contributed by atoms with Crippen LogP contribution in [0, 0.1) is 0 Å². The zero-order valence-electron chi connectivity index (χ0n) is 22.8. The zero-order valence-corrected chi connectivity index (χ0v) is 22.8. The van der Waals surface area contributed by atoms with Crippen molar-refractivity contribution in [3.8, 4) is 17.2 Å². The molecule has 0 spiro atoms. The highest BCUT2D eigenvalue weighted by Gasteiger charge is 2.12. The summed E-state index contributed by atoms with van der Waals surface area (Å²) < 4.78 is 16.6. The maximum Gasteiger partial charge on any atom is 0.343 e. The Morgan fingerprint density at radius 2 is 1.26 bits per heavy atom. The molecule has 0 saturated carbocycles. The first kappa shape index (κ1) is 28.9. The minimum atomic E-state index is -0.415. The molecule has 0 amide bonds. The van der Waals surface area contributed by atoms with Crippen molar-refractivity contribution in [2.45, 2.75) is 59.0 Å². The smallest absolute Gasteiger partial charge is 0.343 e. The van der Waals surface area contributed by atoms with Gasteiger partial charge in [-0.2, -0.15) is 0 Å². The number of ether oxygens (including phenoxy) is 3. The molecule has 3 aromatic carbocycles. The molecule has 0 aliphatic carbocycles. The van der Waals surface area contributed by atoms with Crippen molar-refractivity contribution < 1.29 is 23.8 Å². The van der Waals surface area contributed by atoms with E-state index in [1.165, 1.54) is 25.7 Å². The zero-order chi connectivity index (χ0) is 27.2. The number of carbonyl (C=O) groups excluding carboxylic acids is 2. The molecule has 6 nitrogen and oxygen atoms in total. The van der Waals surface area contributed by atoms with Gasteiger partial charge in [-0.15, -0.1) is 0 Å². The normalized spacial score (nSPS) is 10.8. The van der Waals surface area contributed by atoms with Gasteiger partial charge in [0, 0.05) is 13.1 Å². The number of nitrogens with zero attached hydrogens (tertiary/aromatic N) is 1. The minimum absolute atomic E-state index is 0.104. The molecule has 0 N–H and O–H groups in total. The molecule has 202 valence electrons. The number of rotatable bonds is 16. The topological polar surface area (TPSA) is 65.1 Å². The SMILES string of the molecule is CCCCCCCOc1ccc(C(=O)Oc2ccc(CN(CC(C)=O)Cc3ccc(OC)cc3)cc2)cc1. The monoisotopic (exact) mass is 517 g/mol. The molecule has 0 bridgehead atoms. The number of hydrogen-bond acceptors (Lipinski definition) is 6. The second kappa shape index (κ2) is 15.6. The average Bonchev–Trinajstić information content (AvgIpc) is 2.92. The summed E-state index contributed by atoms with van der Waals surface area (Å²) in [6.07, 6.45) is 5.95. The maximum absolute atomic E-state index is 12.6. The van der Waals surface area contributed by atoms with E-state index in [-0.39, 0.29) is 5.78 Å². The van der Waals surface area contributed by atoms with Crippen molar-refractivity contribution in [3.63, 3.8) is 0 Å². The van der Waals surface area contributed by atoms with Gasteiger partial charge in [0.1, 0.15) is 23.0 Å². The van der Waals surface area contributed by atoms with Crippen molar-refractivity contribution >= 4 is 11.8 Å². The molecule has 0 saturated heterocycles. The quantitative estimate of drug-likeness (QED) is 0.118. The molecule has 0 fully saturated rings. The van der Waals surface area contributed by atoms with Crippen LogP contribution in [0.1, 0.15) is 67.4 Å². The number of unbranched alkanes of at least 4 members (excludes halogenated alkanes) is 4. The third-order valence-electron chi connectivity index (χ3n) is 6.16. The molecular weight excluding hydrogens is 478 g/mol. The van der Waals surface area contributed by atoms with Crippen LogP contribution in [0.4, 0.5) is 0 Å². The average molecular weight is 518 g/mol. The summed E-state index contributed by atoms with van der Waals surface area (Å²) in [5.41, 5.74) is 2.59. The van der Waals surface area contributed by atoms with E-state index in [1.807, 2.05) is 36.4 Å². The van der Waals surface area contributed by atoms with E-state index in [2.05, 4.69) is 11.8 Å². The van der Waals surface area contributed by atoms with Gasteiger partial charge in [-0.25, -0.2) is 4.79 Å². The van der Waals surface area contributed by atoms with Crippen molar-refractivity contribution in [2.75, 3.05) is 20.3 Å². The maximum atomic E-state index is 12.6. The minimum Gasteiger partial charge on any atom is -0.497 e. The molecule has 3 aromatic rings. The number of Topliss-reactive ketones (excluding diaryl/α,β-unsaturated/α-hetero) is 1. The van der Waals surface area contributed by atoms with E-state index in [0.29, 0.717) is 37.6 Å². The van der Waals surface area contributed by atoms with Crippen LogP contribution in [-0.4, -0.2) is 36.9 Å². The van der Waals surface area contributed by atoms with Crippen molar-refractivity contribution in [1.82, 2.24) is 4.90 Å². The Labute approximate surface area is 226 Å². The highest BCUT2D eigenvalue weighted by molar-refractivity contribution is 5.91. The van der Waals surface area contributed by atoms with E-state index in [0.717, 1.165) is 29.0 Å². The highest BCUT2D eigenvalue weighted by atomic mass is 16.5. The predicted molar refractivity (Wildman–Crippen MR) is 150 cm³/mol. The fourth-order valence-corrected chi connectivity index (χ4v) is 4.14. The molecule has 0 atom stereocenters. The second-order valence-electron chi connectivity index (χ2n) is 9.52. The van der Waals surface area contributed by atoms with Crippen LogP contribution in [-0.2, 0) is 17.9 Å². The summed E-state index contributed by atoms with van der Waals surface area (Å²) in [5, 5.41) is 0. The van der Waals surface area contributed by atoms with E-state index in [1.54, 1.807) is 50.4 Å². The number of esters is 1. The molecular formula is C32H39NO5. The molecule has 0 aromatic heterocycles. The van der Waals surface area contributed by atoms with Crippen LogP contribution in [0.25, 0.3) is 0 Å². The summed E-state index contributed by atoms with van der Waals surface area (Å²) in [4.78, 5) is 26.5. The van der Waals surface area contributed by atoms with E-state index in [9.17, 15) is 9.59 Å². The number of methoxy groups -OCH3 is 1. The Balaban J connectivity index is 1.51. The van der Waals surface area contributed by atoms with Crippen molar-refractivity contribution in [2.24, 2.45) is 0 Å². The third-order valence-corrected chi connectivity index (χ3v) is 6.16. The third kappa shape index (κ3) is 10.0. The summed E-state index contributed by atoms with van der Waals surface area (Å²) in [6.45, 7) is 6.07. The molecule has 0 aliphatic rings. The van der Waals surface area contributed by atoms with Crippen LogP contribution < -0.4 is 14.2 Å². The summed E-state index contributed by atoms with van der Waals surface area (Å²) in [5.74, 6) is 1.72. The lowest BCUT2D eigenvalue weighted by molar-refractivity contribution is -0.118. The van der Waals surface area contributed by atoms with Crippen LogP contribution in [0.3, 0.4) is 0 Å². The summed E-state index contributed by atoms with van der Waals surface area (Å²) in [6, 6.07) is 22.3. The van der Waals surface area contributed by atoms with Crippen molar-refractivity contribution in [3.05, 3.63) is 89.5 Å². The first-order chi connectivity index (χ1) is 18.5. The lowest BCUT2D eigenvalue weighted by Crippen LogP contribution is -2.28. The van der Waals surface area contributed by atoms with Crippen LogP contribution in [0.5, 0.6) is 17.2 Å². The summed E-state index contributed by atoms with van der Waals surface area (Å²) >= 11 is 0. The molecule has 0 unspecified atom stereocenters. The number of carbonyl (C=O) groups is 2. The molecule has 6 heteroatoms. The number of ketones is 1. The fourth-order valence-electron chi connectivity index (χ4n) is 4.14. The van der Waals surface area contributed by atoms with Gasteiger partial charge in [-0.05, 0) is 73.0 Å². The Hall–Kier alpha value is -3.64. The van der Waals surface area contributed by atoms with Gasteiger partial charge in [-0.3, -0.25) is 9.69 Å². The Morgan fingerprint density at radius 3 is 1.82 bits per heavy atom. The molecule has 3 rings (SSSR count). The van der Waals surface area contributed by atoms with Crippen LogP contribution in [0.15, 0.2) is 72.8 Å². The standard InChI is InChI=1S/C32H39NO5/c1-4-5-6-7-8-21-37-30-19-13-28(14-20-30)32(35)38-31-17-11-27(12-18-31)24-33(22-25(2)34)23-26-9-15-29(36-3)16-10-26/h9-20H,4-8,21-24H2,1-3H3. The van der Waals surface area contributed by atoms with E-state index in [4.69, 9.17) is 14.2 Å². The van der Waals surface area contributed by atoms with Crippen LogP contribution in [0.2, 0.25) is 0 Å². The van der Waals surface area contributed by atoms with Gasteiger partial charge < -0.3 is 14.2 Å². The Morgan fingerprint density at radius 1 is 0.711 bits per heavy atom. The van der Waals surface area contributed by atoms with E-state index < -0.39 is 5.97 Å². The highest BCUT2D eigenvalue weighted by Crippen LogP contribution is 2.19. The predicted octanol–water partition coefficient (Wildman–Crippen LogP) is 6.85. The van der Waals surface area contributed by atoms with E-state index >= 15 is 0 Å². The Kier molecular flexibility index (Phi) is 11.9. The van der Waals surface area contributed by atoms with Gasteiger partial charge in [0.05, 0.1) is 25.8 Å².